The number of hydrogen-bond donors (Lipinski definition) is 0. The van der Waals surface area contributed by atoms with Crippen LogP contribution in [0.3, 0.4) is 0 Å². The lowest BCUT2D eigenvalue weighted by Gasteiger charge is -2.09. The van der Waals surface area contributed by atoms with Crippen LogP contribution in [0.1, 0.15) is 10.4 Å². The number of halogens is 1. The second kappa shape index (κ2) is 7.19. The average molecular weight is 388 g/mol. The van der Waals surface area contributed by atoms with Crippen molar-refractivity contribution in [2.24, 2.45) is 0 Å². The van der Waals surface area contributed by atoms with Gasteiger partial charge in [0.1, 0.15) is 11.5 Å². The lowest BCUT2D eigenvalue weighted by Crippen LogP contribution is -2.21. The van der Waals surface area contributed by atoms with Crippen molar-refractivity contribution in [3.05, 3.63) is 83.4 Å². The number of benzene rings is 3. The van der Waals surface area contributed by atoms with Gasteiger partial charge in [0.25, 0.3) is 0 Å². The van der Waals surface area contributed by atoms with Crippen LogP contribution in [-0.2, 0) is 9.84 Å². The minimum Gasteiger partial charge on any atom is -0.545 e. The van der Waals surface area contributed by atoms with E-state index in [1.54, 1.807) is 0 Å². The van der Waals surface area contributed by atoms with Crippen LogP contribution in [0, 0.1) is 0 Å². The van der Waals surface area contributed by atoms with Crippen molar-refractivity contribution in [1.29, 1.82) is 0 Å². The number of carboxylic acids is 1. The fourth-order valence-electron chi connectivity index (χ4n) is 2.23. The third-order valence-corrected chi connectivity index (χ3v) is 5.62. The number of carbonyl (C=O) groups excluding carboxylic acids is 1. The van der Waals surface area contributed by atoms with Crippen molar-refractivity contribution in [2.75, 3.05) is 0 Å². The maximum Gasteiger partial charge on any atom is 0.206 e. The molecule has 3 aromatic carbocycles. The SMILES string of the molecule is O=C([O-])c1ccc(Oc2ccc(S(=O)(=O)c3ccc(Cl)cc3)cc2)cc1. The fraction of sp³-hybridized carbons (Fsp3) is 0. The molecule has 0 saturated carbocycles. The highest BCUT2D eigenvalue weighted by Crippen LogP contribution is 2.26. The molecule has 0 fully saturated rings. The molecule has 5 nitrogen and oxygen atoms in total. The zero-order valence-corrected chi connectivity index (χ0v) is 14.8. The van der Waals surface area contributed by atoms with Crippen LogP contribution in [0.25, 0.3) is 0 Å². The highest BCUT2D eigenvalue weighted by Gasteiger charge is 2.17. The quantitative estimate of drug-likeness (QED) is 0.670. The van der Waals surface area contributed by atoms with Gasteiger partial charge in [-0.25, -0.2) is 8.42 Å². The van der Waals surface area contributed by atoms with Crippen molar-refractivity contribution >= 4 is 27.4 Å². The Morgan fingerprint density at radius 2 is 1.19 bits per heavy atom. The van der Waals surface area contributed by atoms with Gasteiger partial charge in [0.05, 0.1) is 15.8 Å². The summed E-state index contributed by atoms with van der Waals surface area (Å²) >= 11 is 5.79. The molecule has 0 heterocycles. The summed E-state index contributed by atoms with van der Waals surface area (Å²) in [6.07, 6.45) is 0. The van der Waals surface area contributed by atoms with Gasteiger partial charge in [0.15, 0.2) is 0 Å². The van der Waals surface area contributed by atoms with E-state index in [0.29, 0.717) is 16.5 Å². The van der Waals surface area contributed by atoms with E-state index in [-0.39, 0.29) is 15.4 Å². The molecule has 3 aromatic rings. The van der Waals surface area contributed by atoms with E-state index in [2.05, 4.69) is 0 Å². The normalized spacial score (nSPS) is 11.1. The molecule has 132 valence electrons. The van der Waals surface area contributed by atoms with Crippen molar-refractivity contribution in [3.8, 4) is 11.5 Å². The van der Waals surface area contributed by atoms with E-state index in [0.717, 1.165) is 0 Å². The summed E-state index contributed by atoms with van der Waals surface area (Å²) in [4.78, 5) is 11.0. The summed E-state index contributed by atoms with van der Waals surface area (Å²) in [7, 11) is -3.65. The molecule has 26 heavy (non-hydrogen) atoms. The monoisotopic (exact) mass is 387 g/mol. The highest BCUT2D eigenvalue weighted by molar-refractivity contribution is 7.91. The largest absolute Gasteiger partial charge is 0.545 e. The van der Waals surface area contributed by atoms with Crippen LogP contribution >= 0.6 is 11.6 Å². The van der Waals surface area contributed by atoms with Gasteiger partial charge in [-0.3, -0.25) is 0 Å². The maximum atomic E-state index is 12.6. The summed E-state index contributed by atoms with van der Waals surface area (Å²) in [5, 5.41) is 11.2. The summed E-state index contributed by atoms with van der Waals surface area (Å²) in [5.74, 6) is -0.433. The van der Waals surface area contributed by atoms with Gasteiger partial charge in [-0.2, -0.15) is 0 Å². The molecule has 7 heteroatoms. The number of aromatic carboxylic acids is 1. The number of sulfone groups is 1. The second-order valence-electron chi connectivity index (χ2n) is 5.34. The number of carboxylic acid groups (broad SMARTS) is 1. The van der Waals surface area contributed by atoms with E-state index in [1.165, 1.54) is 72.8 Å². The molecule has 0 bridgehead atoms. The molecule has 0 atom stereocenters. The Labute approximate surface area is 155 Å². The van der Waals surface area contributed by atoms with Crippen LogP contribution in [-0.4, -0.2) is 14.4 Å². The minimum absolute atomic E-state index is 0.0433. The van der Waals surface area contributed by atoms with Crippen molar-refractivity contribution in [2.45, 2.75) is 9.79 Å². The van der Waals surface area contributed by atoms with Gasteiger partial charge < -0.3 is 14.6 Å². The lowest BCUT2D eigenvalue weighted by atomic mass is 10.2. The van der Waals surface area contributed by atoms with Crippen molar-refractivity contribution < 1.29 is 23.1 Å². The predicted molar refractivity (Wildman–Crippen MR) is 94.2 cm³/mol. The Hall–Kier alpha value is -2.83. The number of ether oxygens (including phenoxy) is 1. The Kier molecular flexibility index (Phi) is 4.97. The molecule has 0 aliphatic carbocycles. The first-order valence-corrected chi connectivity index (χ1v) is 9.32. The van der Waals surface area contributed by atoms with Crippen LogP contribution in [0.4, 0.5) is 0 Å². The molecule has 0 unspecified atom stereocenters. The molecule has 0 aliphatic rings. The van der Waals surface area contributed by atoms with Crippen LogP contribution in [0.15, 0.2) is 82.6 Å². The number of rotatable bonds is 5. The first kappa shape index (κ1) is 18.0. The molecule has 0 amide bonds. The Bertz CT molecular complexity index is 1020. The standard InChI is InChI=1S/C19H13ClO5S/c20-14-3-9-17(10-4-14)26(23,24)18-11-7-16(8-12-18)25-15-5-1-13(2-6-15)19(21)22/h1-12H,(H,21,22)/p-1. The van der Waals surface area contributed by atoms with Gasteiger partial charge in [-0.15, -0.1) is 0 Å². The van der Waals surface area contributed by atoms with Gasteiger partial charge in [0, 0.05) is 5.02 Å². The summed E-state index contributed by atoms with van der Waals surface area (Å²) < 4.78 is 30.7. The molecule has 0 aliphatic heterocycles. The molecule has 0 N–H and O–H groups in total. The Morgan fingerprint density at radius 1 is 0.769 bits per heavy atom. The first-order chi connectivity index (χ1) is 12.4. The summed E-state index contributed by atoms with van der Waals surface area (Å²) in [6, 6.07) is 17.6. The topological polar surface area (TPSA) is 83.5 Å². The third kappa shape index (κ3) is 3.87. The Balaban J connectivity index is 1.79. The number of hydrogen-bond acceptors (Lipinski definition) is 5. The molecule has 0 spiro atoms. The van der Waals surface area contributed by atoms with Crippen LogP contribution in [0.2, 0.25) is 5.02 Å². The van der Waals surface area contributed by atoms with Crippen LogP contribution < -0.4 is 9.84 Å². The summed E-state index contributed by atoms with van der Waals surface area (Å²) in [6.45, 7) is 0. The zero-order chi connectivity index (χ0) is 18.7. The van der Waals surface area contributed by atoms with Crippen molar-refractivity contribution in [3.63, 3.8) is 0 Å². The first-order valence-electron chi connectivity index (χ1n) is 7.46. The van der Waals surface area contributed by atoms with Gasteiger partial charge in [-0.05, 0) is 78.4 Å². The fourth-order valence-corrected chi connectivity index (χ4v) is 3.62. The van der Waals surface area contributed by atoms with Gasteiger partial charge >= 0.3 is 0 Å². The van der Waals surface area contributed by atoms with Gasteiger partial charge in [-0.1, -0.05) is 11.6 Å². The molecular formula is C19H12ClO5S-. The third-order valence-electron chi connectivity index (χ3n) is 3.58. The highest BCUT2D eigenvalue weighted by atomic mass is 35.5. The average Bonchev–Trinajstić information content (AvgIpc) is 2.63. The summed E-state index contributed by atoms with van der Waals surface area (Å²) in [5.41, 5.74) is 0.0433. The van der Waals surface area contributed by atoms with Crippen molar-refractivity contribution in [1.82, 2.24) is 0 Å². The number of carbonyl (C=O) groups is 1. The maximum absolute atomic E-state index is 12.6. The minimum atomic E-state index is -3.65. The zero-order valence-electron chi connectivity index (χ0n) is 13.3. The molecule has 0 saturated heterocycles. The van der Waals surface area contributed by atoms with Crippen LogP contribution in [0.5, 0.6) is 11.5 Å². The Morgan fingerprint density at radius 3 is 1.65 bits per heavy atom. The second-order valence-corrected chi connectivity index (χ2v) is 7.73. The van der Waals surface area contributed by atoms with E-state index >= 15 is 0 Å². The van der Waals surface area contributed by atoms with Gasteiger partial charge in [0.2, 0.25) is 9.84 Å². The van der Waals surface area contributed by atoms with E-state index in [1.807, 2.05) is 0 Å². The molecule has 0 aromatic heterocycles. The van der Waals surface area contributed by atoms with E-state index in [4.69, 9.17) is 16.3 Å². The molecular weight excluding hydrogens is 376 g/mol. The van der Waals surface area contributed by atoms with E-state index < -0.39 is 15.8 Å². The predicted octanol–water partition coefficient (Wildman–Crippen LogP) is 3.33. The lowest BCUT2D eigenvalue weighted by molar-refractivity contribution is -0.255. The molecule has 3 rings (SSSR count). The molecule has 0 radical (unpaired) electrons. The smallest absolute Gasteiger partial charge is 0.206 e. The van der Waals surface area contributed by atoms with E-state index in [9.17, 15) is 18.3 Å².